The van der Waals surface area contributed by atoms with Gasteiger partial charge in [-0.2, -0.15) is 52.3 Å². The quantitative estimate of drug-likeness (QED) is 0.0888. The Bertz CT molecular complexity index is 1030. The number of halogens is 12. The summed E-state index contributed by atoms with van der Waals surface area (Å²) in [4.78, 5) is 24.9. The van der Waals surface area contributed by atoms with Crippen LogP contribution in [0.3, 0.4) is 0 Å². The van der Waals surface area contributed by atoms with Gasteiger partial charge in [0.05, 0.1) is 23.2 Å². The van der Waals surface area contributed by atoms with E-state index in [-0.39, 0.29) is 25.9 Å². The van der Waals surface area contributed by atoms with Gasteiger partial charge in [-0.05, 0) is 46.5 Å². The summed E-state index contributed by atoms with van der Waals surface area (Å²) >= 11 is 0. The first-order valence-electron chi connectivity index (χ1n) is 11.4. The monoisotopic (exact) mass is 652 g/mol. The lowest BCUT2D eigenvalue weighted by Crippen LogP contribution is -2.69. The fraction of sp³-hybridized carbons (Fsp3) is 0.905. The molecule has 0 aromatic carbocycles. The molecule has 1 atom stereocenters. The van der Waals surface area contributed by atoms with E-state index in [1.54, 1.807) is 0 Å². The fourth-order valence-corrected chi connectivity index (χ4v) is 3.90. The molecule has 41 heavy (non-hydrogen) atoms. The average molecular weight is 652 g/mol. The molecule has 0 rings (SSSR count). The molecule has 1 N–H and O–H groups in total. The first kappa shape index (κ1) is 39.0. The molecule has 20 heteroatoms. The Balaban J connectivity index is 5.64. The maximum Gasteiger partial charge on any atom is 0.384 e. The van der Waals surface area contributed by atoms with Crippen LogP contribution in [0.25, 0.3) is 0 Å². The topological polar surface area (TPSA) is 107 Å². The molecule has 1 unspecified atom stereocenters. The molecule has 0 saturated carbocycles. The average Bonchev–Trinajstić information content (AvgIpc) is 2.80. The molecule has 0 aliphatic carbocycles. The lowest BCUT2D eigenvalue weighted by Gasteiger charge is -2.39. The van der Waals surface area contributed by atoms with Crippen LogP contribution in [0.15, 0.2) is 0 Å². The Morgan fingerprint density at radius 3 is 1.68 bits per heavy atom. The molecule has 0 aliphatic rings. The second kappa shape index (κ2) is 12.7. The zero-order valence-electron chi connectivity index (χ0n) is 21.9. The van der Waals surface area contributed by atoms with Crippen LogP contribution in [0.4, 0.5) is 52.7 Å². The minimum Gasteiger partial charge on any atom is -0.465 e. The molecule has 244 valence electrons. The summed E-state index contributed by atoms with van der Waals surface area (Å²) in [6.07, 6.45) is -6.54. The van der Waals surface area contributed by atoms with Crippen molar-refractivity contribution in [3.05, 3.63) is 0 Å². The third-order valence-corrected chi connectivity index (χ3v) is 6.82. The molecule has 0 spiro atoms. The van der Waals surface area contributed by atoms with Crippen molar-refractivity contribution in [1.29, 1.82) is 0 Å². The maximum atomic E-state index is 14.0. The second-order valence-corrected chi connectivity index (χ2v) is 11.6. The fourth-order valence-electron chi connectivity index (χ4n) is 3.33. The third-order valence-electron chi connectivity index (χ3n) is 6.01. The van der Waals surface area contributed by atoms with Crippen LogP contribution in [-0.4, -0.2) is 79.9 Å². The number of carbonyl (C=O) groups is 2. The Morgan fingerprint density at radius 2 is 1.27 bits per heavy atom. The van der Waals surface area contributed by atoms with Crippen molar-refractivity contribution in [3.8, 4) is 0 Å². The zero-order chi connectivity index (χ0) is 33.1. The van der Waals surface area contributed by atoms with E-state index >= 15 is 0 Å². The number of ether oxygens (including phenoxy) is 2. The number of rotatable bonds is 17. The molecule has 0 heterocycles. The van der Waals surface area contributed by atoms with E-state index in [9.17, 15) is 70.7 Å². The molecule has 0 bridgehead atoms. The summed E-state index contributed by atoms with van der Waals surface area (Å²) in [6.45, 7) is 1.01. The van der Waals surface area contributed by atoms with Crippen molar-refractivity contribution >= 4 is 22.1 Å². The molecule has 0 fully saturated rings. The highest BCUT2D eigenvalue weighted by atomic mass is 32.2. The van der Waals surface area contributed by atoms with Crippen LogP contribution in [-0.2, 0) is 29.2 Å². The normalized spacial score (nSPS) is 16.0. The zero-order valence-corrected chi connectivity index (χ0v) is 22.7. The third kappa shape index (κ3) is 8.53. The molecule has 0 radical (unpaired) electrons. The molecule has 0 aliphatic heterocycles. The van der Waals surface area contributed by atoms with Gasteiger partial charge in [-0.1, -0.05) is 6.92 Å². The minimum absolute atomic E-state index is 0.0347. The molecule has 0 saturated heterocycles. The Kier molecular flexibility index (Phi) is 12.1. The van der Waals surface area contributed by atoms with Crippen LogP contribution >= 0.6 is 0 Å². The van der Waals surface area contributed by atoms with Crippen LogP contribution in [0.2, 0.25) is 0 Å². The van der Waals surface area contributed by atoms with Crippen molar-refractivity contribution in [2.24, 2.45) is 10.8 Å². The van der Waals surface area contributed by atoms with E-state index in [0.29, 0.717) is 0 Å². The number of unbranched alkanes of at least 4 members (excludes halogenated alkanes) is 1. The first-order valence-corrected chi connectivity index (χ1v) is 13.0. The van der Waals surface area contributed by atoms with Crippen molar-refractivity contribution in [2.75, 3.05) is 19.0 Å². The van der Waals surface area contributed by atoms with Crippen LogP contribution in [0, 0.1) is 10.8 Å². The summed E-state index contributed by atoms with van der Waals surface area (Å²) < 4.78 is 199. The molecule has 0 amide bonds. The van der Waals surface area contributed by atoms with Gasteiger partial charge in [0.25, 0.3) is 10.1 Å². The highest BCUT2D eigenvalue weighted by Gasteiger charge is 2.88. The van der Waals surface area contributed by atoms with Gasteiger partial charge in [0, 0.05) is 0 Å². The van der Waals surface area contributed by atoms with Gasteiger partial charge < -0.3 is 9.47 Å². The molecular formula is C21H28F12O7S. The van der Waals surface area contributed by atoms with Gasteiger partial charge in [0.1, 0.15) is 0 Å². The largest absolute Gasteiger partial charge is 0.465 e. The summed E-state index contributed by atoms with van der Waals surface area (Å²) in [6, 6.07) is 0. The number of alkyl halides is 12. The number of hydrogen-bond acceptors (Lipinski definition) is 6. The summed E-state index contributed by atoms with van der Waals surface area (Å²) in [5, 5.41) is 0. The van der Waals surface area contributed by atoms with Crippen LogP contribution in [0.5, 0.6) is 0 Å². The van der Waals surface area contributed by atoms with E-state index in [0.717, 1.165) is 13.8 Å². The molecule has 0 aromatic heterocycles. The van der Waals surface area contributed by atoms with Crippen molar-refractivity contribution in [3.63, 3.8) is 0 Å². The Hall–Kier alpha value is -1.99. The lowest BCUT2D eigenvalue weighted by atomic mass is 9.72. The van der Waals surface area contributed by atoms with E-state index in [1.165, 1.54) is 13.8 Å². The maximum absolute atomic E-state index is 14.0. The summed E-state index contributed by atoms with van der Waals surface area (Å²) in [5.41, 5.74) is -3.68. The number of carbonyl (C=O) groups excluding carboxylic acids is 2. The highest BCUT2D eigenvalue weighted by molar-refractivity contribution is 7.85. The molecular weight excluding hydrogens is 624 g/mol. The van der Waals surface area contributed by atoms with E-state index in [4.69, 9.17) is 9.29 Å². The van der Waals surface area contributed by atoms with Crippen molar-refractivity contribution in [2.45, 2.75) is 89.4 Å². The molecule has 7 nitrogen and oxygen atoms in total. The van der Waals surface area contributed by atoms with Crippen molar-refractivity contribution < 1.29 is 84.7 Å². The predicted molar refractivity (Wildman–Crippen MR) is 115 cm³/mol. The summed E-state index contributed by atoms with van der Waals surface area (Å²) in [5.74, 6) is -40.0. The number of hydrogen-bond donors (Lipinski definition) is 1. The highest BCUT2D eigenvalue weighted by Crippen LogP contribution is 2.58. The molecule has 0 aromatic rings. The van der Waals surface area contributed by atoms with Gasteiger partial charge in [0.15, 0.2) is 6.61 Å². The van der Waals surface area contributed by atoms with Gasteiger partial charge in [-0.3, -0.25) is 14.1 Å². The van der Waals surface area contributed by atoms with E-state index in [2.05, 4.69) is 4.74 Å². The minimum atomic E-state index is -7.77. The van der Waals surface area contributed by atoms with Gasteiger partial charge in [-0.15, -0.1) is 0 Å². The Morgan fingerprint density at radius 1 is 0.780 bits per heavy atom. The predicted octanol–water partition coefficient (Wildman–Crippen LogP) is 6.02. The van der Waals surface area contributed by atoms with Crippen LogP contribution < -0.4 is 0 Å². The smallest absolute Gasteiger partial charge is 0.384 e. The first-order chi connectivity index (χ1) is 18.0. The van der Waals surface area contributed by atoms with Gasteiger partial charge >= 0.3 is 48.0 Å². The summed E-state index contributed by atoms with van der Waals surface area (Å²) in [7, 11) is -4.28. The lowest BCUT2D eigenvalue weighted by molar-refractivity contribution is -0.414. The van der Waals surface area contributed by atoms with E-state index in [1.807, 2.05) is 0 Å². The standard InChI is InChI=1S/C21H28F12O7S/c1-5-16(4,14(35)39-8-6-7-9-41(36,37)38)10-15(2,3)13(34)40-11-17(24,25)19(28,29)21(32,33)20(30,31)18(26,27)12(22)23/h12H,5-11H2,1-4H3,(H,36,37,38). The SMILES string of the molecule is CCC(C)(CC(C)(C)C(=O)OCC(F)(F)C(F)(F)C(F)(F)C(F)(F)C(F)(F)C(F)F)C(=O)OCCCCS(=O)(=O)O. The second-order valence-electron chi connectivity index (χ2n) is 10.0. The van der Waals surface area contributed by atoms with Gasteiger partial charge in [0.2, 0.25) is 0 Å². The van der Waals surface area contributed by atoms with Crippen molar-refractivity contribution in [1.82, 2.24) is 0 Å². The van der Waals surface area contributed by atoms with E-state index < -0.39 is 87.7 Å². The van der Waals surface area contributed by atoms with Gasteiger partial charge in [-0.25, -0.2) is 8.78 Å². The van der Waals surface area contributed by atoms with Crippen LogP contribution in [0.1, 0.15) is 53.4 Å². The number of esters is 2. The Labute approximate surface area is 226 Å².